The van der Waals surface area contributed by atoms with Crippen LogP contribution in [0.25, 0.3) is 0 Å². The molecule has 0 saturated heterocycles. The van der Waals surface area contributed by atoms with Crippen molar-refractivity contribution in [2.45, 2.75) is 51.2 Å². The van der Waals surface area contributed by atoms with Crippen molar-refractivity contribution in [3.05, 3.63) is 29.8 Å². The number of nitrogens with one attached hydrogen (secondary N) is 1. The largest absolute Gasteiger partial charge is 0.507 e. The molecule has 1 aromatic carbocycles. The molecule has 2 rings (SSSR count). The van der Waals surface area contributed by atoms with Gasteiger partial charge in [0.25, 0.3) is 5.91 Å². The van der Waals surface area contributed by atoms with Crippen LogP contribution in [0, 0.1) is 0 Å². The van der Waals surface area contributed by atoms with Crippen molar-refractivity contribution in [1.82, 2.24) is 5.32 Å². The Balaban J connectivity index is 1.88. The lowest BCUT2D eigenvalue weighted by atomic mass is 9.95. The highest BCUT2D eigenvalue weighted by molar-refractivity contribution is 5.94. The number of phenolic OH excluding ortho intramolecular Hbond substituents is 1. The van der Waals surface area contributed by atoms with Crippen LogP contribution >= 0.6 is 0 Å². The first-order chi connectivity index (χ1) is 10.1. The summed E-state index contributed by atoms with van der Waals surface area (Å²) >= 11 is 0. The molecule has 1 aliphatic carbocycles. The Hall–Kier alpha value is -2.04. The van der Waals surface area contributed by atoms with Gasteiger partial charge in [-0.25, -0.2) is 4.79 Å². The number of rotatable bonds is 4. The van der Waals surface area contributed by atoms with Crippen molar-refractivity contribution in [2.75, 3.05) is 0 Å². The van der Waals surface area contributed by atoms with Crippen LogP contribution < -0.4 is 5.32 Å². The fraction of sp³-hybridized carbons (Fsp3) is 0.500. The smallest absolute Gasteiger partial charge is 0.342 e. The van der Waals surface area contributed by atoms with Crippen molar-refractivity contribution in [3.63, 3.8) is 0 Å². The van der Waals surface area contributed by atoms with Crippen molar-refractivity contribution >= 4 is 11.9 Å². The van der Waals surface area contributed by atoms with Crippen molar-refractivity contribution < 1.29 is 19.4 Å². The van der Waals surface area contributed by atoms with E-state index in [0.29, 0.717) is 0 Å². The van der Waals surface area contributed by atoms with E-state index in [1.807, 2.05) is 0 Å². The zero-order valence-electron chi connectivity index (χ0n) is 12.2. The number of carbonyl (C=O) groups is 2. The number of benzene rings is 1. The van der Waals surface area contributed by atoms with Gasteiger partial charge in [0.1, 0.15) is 11.3 Å². The van der Waals surface area contributed by atoms with Crippen LogP contribution in [-0.2, 0) is 9.53 Å². The Morgan fingerprint density at radius 3 is 2.57 bits per heavy atom. The molecule has 5 heteroatoms. The third-order valence-electron chi connectivity index (χ3n) is 3.73. The van der Waals surface area contributed by atoms with Gasteiger partial charge in [-0.3, -0.25) is 4.79 Å². The first-order valence-corrected chi connectivity index (χ1v) is 7.37. The summed E-state index contributed by atoms with van der Waals surface area (Å²) < 4.78 is 5.11. The molecule has 114 valence electrons. The van der Waals surface area contributed by atoms with Gasteiger partial charge in [0.2, 0.25) is 0 Å². The van der Waals surface area contributed by atoms with E-state index in [4.69, 9.17) is 4.74 Å². The zero-order valence-corrected chi connectivity index (χ0v) is 12.2. The first kappa shape index (κ1) is 15.4. The van der Waals surface area contributed by atoms with Gasteiger partial charge in [0.15, 0.2) is 6.10 Å². The Morgan fingerprint density at radius 1 is 1.24 bits per heavy atom. The minimum Gasteiger partial charge on any atom is -0.507 e. The second-order valence-electron chi connectivity index (χ2n) is 5.41. The van der Waals surface area contributed by atoms with Gasteiger partial charge in [-0.05, 0) is 31.9 Å². The number of aromatic hydroxyl groups is 1. The average Bonchev–Trinajstić information content (AvgIpc) is 2.48. The Bertz CT molecular complexity index is 509. The Kier molecular flexibility index (Phi) is 5.20. The lowest BCUT2D eigenvalue weighted by molar-refractivity contribution is -0.130. The minimum atomic E-state index is -0.876. The average molecular weight is 291 g/mol. The maximum Gasteiger partial charge on any atom is 0.342 e. The maximum absolute atomic E-state index is 12.0. The summed E-state index contributed by atoms with van der Waals surface area (Å²) in [6.45, 7) is 1.54. The molecule has 2 N–H and O–H groups in total. The van der Waals surface area contributed by atoms with E-state index in [0.717, 1.165) is 25.7 Å². The molecular formula is C16H21NO4. The molecule has 1 atom stereocenters. The van der Waals surface area contributed by atoms with E-state index in [2.05, 4.69) is 5.32 Å². The van der Waals surface area contributed by atoms with E-state index in [1.165, 1.54) is 25.5 Å². The number of para-hydroxylation sites is 1. The summed E-state index contributed by atoms with van der Waals surface area (Å²) in [6.07, 6.45) is 4.54. The van der Waals surface area contributed by atoms with E-state index in [1.54, 1.807) is 12.1 Å². The molecule has 1 amide bonds. The SMILES string of the molecule is CC(OC(=O)c1ccccc1O)C(=O)NC1CCCCC1. The minimum absolute atomic E-state index is 0.0646. The van der Waals surface area contributed by atoms with Crippen LogP contribution in [0.15, 0.2) is 24.3 Å². The molecule has 0 radical (unpaired) electrons. The number of hydrogen-bond acceptors (Lipinski definition) is 4. The molecule has 0 bridgehead atoms. The fourth-order valence-electron chi connectivity index (χ4n) is 2.49. The van der Waals surface area contributed by atoms with Gasteiger partial charge >= 0.3 is 5.97 Å². The van der Waals surface area contributed by atoms with Gasteiger partial charge in [-0.15, -0.1) is 0 Å². The number of esters is 1. The number of carbonyl (C=O) groups excluding carboxylic acids is 2. The third-order valence-corrected chi connectivity index (χ3v) is 3.73. The molecule has 21 heavy (non-hydrogen) atoms. The summed E-state index contributed by atoms with van der Waals surface area (Å²) in [6, 6.07) is 6.29. The van der Waals surface area contributed by atoms with E-state index in [-0.39, 0.29) is 23.3 Å². The number of phenols is 1. The van der Waals surface area contributed by atoms with E-state index >= 15 is 0 Å². The van der Waals surface area contributed by atoms with Crippen LogP contribution in [0.3, 0.4) is 0 Å². The molecule has 0 spiro atoms. The molecular weight excluding hydrogens is 270 g/mol. The van der Waals surface area contributed by atoms with Gasteiger partial charge in [-0.2, -0.15) is 0 Å². The van der Waals surface area contributed by atoms with Crippen LogP contribution in [0.1, 0.15) is 49.4 Å². The van der Waals surface area contributed by atoms with Crippen molar-refractivity contribution in [1.29, 1.82) is 0 Å². The fourth-order valence-corrected chi connectivity index (χ4v) is 2.49. The predicted molar refractivity (Wildman–Crippen MR) is 78.0 cm³/mol. The van der Waals surface area contributed by atoms with E-state index < -0.39 is 12.1 Å². The lowest BCUT2D eigenvalue weighted by Crippen LogP contribution is -2.42. The Morgan fingerprint density at radius 2 is 1.90 bits per heavy atom. The Labute approximate surface area is 124 Å². The molecule has 1 saturated carbocycles. The number of amides is 1. The molecule has 1 aromatic rings. The summed E-state index contributed by atoms with van der Waals surface area (Å²) in [5, 5.41) is 12.5. The quantitative estimate of drug-likeness (QED) is 0.835. The molecule has 5 nitrogen and oxygen atoms in total. The monoisotopic (exact) mass is 291 g/mol. The third kappa shape index (κ3) is 4.21. The van der Waals surface area contributed by atoms with Crippen LogP contribution in [0.5, 0.6) is 5.75 Å². The highest BCUT2D eigenvalue weighted by Crippen LogP contribution is 2.19. The van der Waals surface area contributed by atoms with Crippen LogP contribution in [0.2, 0.25) is 0 Å². The second-order valence-corrected chi connectivity index (χ2v) is 5.41. The van der Waals surface area contributed by atoms with Gasteiger partial charge < -0.3 is 15.2 Å². The standard InChI is InChI=1S/C16H21NO4/c1-11(15(19)17-12-7-3-2-4-8-12)21-16(20)13-9-5-6-10-14(13)18/h5-6,9-12,18H,2-4,7-8H2,1H3,(H,17,19). The number of ether oxygens (including phenoxy) is 1. The molecule has 1 fully saturated rings. The predicted octanol–water partition coefficient (Wildman–Crippen LogP) is 2.39. The maximum atomic E-state index is 12.0. The molecule has 0 heterocycles. The zero-order chi connectivity index (χ0) is 15.2. The van der Waals surface area contributed by atoms with Crippen LogP contribution in [-0.4, -0.2) is 29.1 Å². The topological polar surface area (TPSA) is 75.6 Å². The summed E-state index contributed by atoms with van der Waals surface area (Å²) in [4.78, 5) is 23.9. The van der Waals surface area contributed by atoms with Gasteiger partial charge in [0.05, 0.1) is 0 Å². The normalized spacial score (nSPS) is 17.0. The summed E-state index contributed by atoms with van der Waals surface area (Å²) in [5.41, 5.74) is 0.0646. The van der Waals surface area contributed by atoms with Crippen molar-refractivity contribution in [3.8, 4) is 5.75 Å². The van der Waals surface area contributed by atoms with Crippen LogP contribution in [0.4, 0.5) is 0 Å². The molecule has 1 unspecified atom stereocenters. The van der Waals surface area contributed by atoms with Crippen molar-refractivity contribution in [2.24, 2.45) is 0 Å². The number of hydrogen-bond donors (Lipinski definition) is 2. The van der Waals surface area contributed by atoms with Gasteiger partial charge in [0, 0.05) is 6.04 Å². The first-order valence-electron chi connectivity index (χ1n) is 7.37. The van der Waals surface area contributed by atoms with Gasteiger partial charge in [-0.1, -0.05) is 31.4 Å². The molecule has 0 aromatic heterocycles. The lowest BCUT2D eigenvalue weighted by Gasteiger charge is -2.24. The molecule has 0 aliphatic heterocycles. The van der Waals surface area contributed by atoms with E-state index in [9.17, 15) is 14.7 Å². The second kappa shape index (κ2) is 7.11. The highest BCUT2D eigenvalue weighted by Gasteiger charge is 2.23. The summed E-state index contributed by atoms with van der Waals surface area (Å²) in [5.74, 6) is -1.13. The molecule has 1 aliphatic rings. The summed E-state index contributed by atoms with van der Waals surface area (Å²) in [7, 11) is 0. The highest BCUT2D eigenvalue weighted by atomic mass is 16.5.